The van der Waals surface area contributed by atoms with E-state index in [1.807, 2.05) is 42.6 Å². The van der Waals surface area contributed by atoms with Gasteiger partial charge >= 0.3 is 0 Å². The number of nitrogens with one attached hydrogen (secondary N) is 2. The lowest BCUT2D eigenvalue weighted by molar-refractivity contribution is -0.128. The van der Waals surface area contributed by atoms with Crippen LogP contribution in [-0.4, -0.2) is 40.9 Å². The van der Waals surface area contributed by atoms with Gasteiger partial charge in [0.25, 0.3) is 0 Å². The highest BCUT2D eigenvalue weighted by atomic mass is 16.5. The molecule has 3 aromatic rings. The zero-order valence-electron chi connectivity index (χ0n) is 22.7. The average molecular weight is 531 g/mol. The number of aryl methyl sites for hydroxylation is 2. The predicted molar refractivity (Wildman–Crippen MR) is 152 cm³/mol. The monoisotopic (exact) mass is 530 g/mol. The fraction of sp³-hybridized carbons (Fsp3) is 0.375. The number of H-pyrrole nitrogens is 1. The molecule has 2 atom stereocenters. The third-order valence-electron chi connectivity index (χ3n) is 7.49. The molecular formula is C32H38N2O5. The van der Waals surface area contributed by atoms with Crippen LogP contribution in [0.15, 0.2) is 54.7 Å². The summed E-state index contributed by atoms with van der Waals surface area (Å²) in [4.78, 5) is 29.5. The van der Waals surface area contributed by atoms with Crippen molar-refractivity contribution < 1.29 is 24.5 Å². The molecule has 0 fully saturated rings. The minimum absolute atomic E-state index is 0.0335. The minimum atomic E-state index is -0.325. The first-order valence-corrected chi connectivity index (χ1v) is 13.6. The normalized spacial score (nSPS) is 16.2. The number of Topliss-reactive ketones (excluding diaryl/α,β-unsaturated/α-hetero) is 2. The zero-order valence-corrected chi connectivity index (χ0v) is 22.7. The van der Waals surface area contributed by atoms with E-state index >= 15 is 0 Å². The third kappa shape index (κ3) is 7.18. The topological polar surface area (TPSA) is 112 Å². The molecule has 0 aliphatic heterocycles. The van der Waals surface area contributed by atoms with Crippen LogP contribution in [0.2, 0.25) is 0 Å². The first-order chi connectivity index (χ1) is 18.9. The minimum Gasteiger partial charge on any atom is -0.508 e. The third-order valence-corrected chi connectivity index (χ3v) is 7.49. The van der Waals surface area contributed by atoms with Crippen LogP contribution in [0.4, 0.5) is 0 Å². The molecule has 1 heterocycles. The number of phenolic OH excluding ortho intramolecular Hbond substituents is 2. The van der Waals surface area contributed by atoms with Gasteiger partial charge in [-0.2, -0.15) is 0 Å². The Morgan fingerprint density at radius 1 is 1.05 bits per heavy atom. The van der Waals surface area contributed by atoms with E-state index in [4.69, 9.17) is 4.74 Å². The van der Waals surface area contributed by atoms with E-state index in [0.29, 0.717) is 24.3 Å². The molecule has 2 aromatic carbocycles. The number of rotatable bonds is 14. The maximum Gasteiger partial charge on any atom is 0.162 e. The van der Waals surface area contributed by atoms with Crippen LogP contribution in [0.5, 0.6) is 17.2 Å². The number of fused-ring (bicyclic) bond motifs is 1. The molecule has 206 valence electrons. The van der Waals surface area contributed by atoms with Gasteiger partial charge in [-0.1, -0.05) is 30.7 Å². The van der Waals surface area contributed by atoms with Gasteiger partial charge < -0.3 is 25.3 Å². The molecule has 1 aliphatic rings. The summed E-state index contributed by atoms with van der Waals surface area (Å²) in [7, 11) is 3.30. The van der Waals surface area contributed by atoms with E-state index in [0.717, 1.165) is 48.1 Å². The molecule has 1 aromatic heterocycles. The van der Waals surface area contributed by atoms with Crippen LogP contribution in [0, 0.1) is 5.92 Å². The van der Waals surface area contributed by atoms with Crippen LogP contribution >= 0.6 is 0 Å². The van der Waals surface area contributed by atoms with Gasteiger partial charge in [-0.25, -0.2) is 0 Å². The largest absolute Gasteiger partial charge is 0.508 e. The van der Waals surface area contributed by atoms with E-state index in [-0.39, 0.29) is 47.7 Å². The molecular weight excluding hydrogens is 492 g/mol. The summed E-state index contributed by atoms with van der Waals surface area (Å²) in [6.07, 6.45) is 10.0. The Balaban J connectivity index is 1.35. The van der Waals surface area contributed by atoms with Gasteiger partial charge in [0.2, 0.25) is 0 Å². The van der Waals surface area contributed by atoms with Gasteiger partial charge in [0.05, 0.1) is 13.5 Å². The standard InChI is InChI=1S/C32H38N2O5/c1-33-20-23-16-22(18-31(39-2)32(23)38)10-11-25(36)19-30(37)28-12-13-29-27(14-15-34-29)26(28)9-4-3-6-21-7-5-8-24(35)17-21/h5,7-8,12-18,26,28,33-35,38H,3-4,6,9-11,19-20H2,1-2H3. The Bertz CT molecular complexity index is 1330. The van der Waals surface area contributed by atoms with Crippen molar-refractivity contribution in [2.24, 2.45) is 5.92 Å². The highest BCUT2D eigenvalue weighted by molar-refractivity contribution is 6.01. The van der Waals surface area contributed by atoms with E-state index in [2.05, 4.69) is 10.3 Å². The van der Waals surface area contributed by atoms with Crippen molar-refractivity contribution in [1.29, 1.82) is 0 Å². The smallest absolute Gasteiger partial charge is 0.162 e. The summed E-state index contributed by atoms with van der Waals surface area (Å²) in [6.45, 7) is 0.479. The number of aromatic nitrogens is 1. The highest BCUT2D eigenvalue weighted by Gasteiger charge is 2.32. The molecule has 39 heavy (non-hydrogen) atoms. The number of carbonyl (C=O) groups is 2. The van der Waals surface area contributed by atoms with Gasteiger partial charge in [0.15, 0.2) is 11.5 Å². The Morgan fingerprint density at radius 2 is 1.90 bits per heavy atom. The number of methoxy groups -OCH3 is 1. The van der Waals surface area contributed by atoms with Crippen LogP contribution in [0.1, 0.15) is 66.0 Å². The van der Waals surface area contributed by atoms with Gasteiger partial charge in [-0.15, -0.1) is 0 Å². The second kappa shape index (κ2) is 13.3. The molecule has 0 amide bonds. The van der Waals surface area contributed by atoms with Crippen LogP contribution < -0.4 is 10.1 Å². The van der Waals surface area contributed by atoms with Crippen LogP contribution in [0.25, 0.3) is 6.08 Å². The van der Waals surface area contributed by atoms with Crippen molar-refractivity contribution >= 4 is 17.6 Å². The maximum atomic E-state index is 13.4. The number of hydrogen-bond acceptors (Lipinski definition) is 6. The predicted octanol–water partition coefficient (Wildman–Crippen LogP) is 5.45. The Labute approximate surface area is 229 Å². The number of hydrogen-bond donors (Lipinski definition) is 4. The lowest BCUT2D eigenvalue weighted by Gasteiger charge is -2.27. The van der Waals surface area contributed by atoms with Crippen LogP contribution in [0.3, 0.4) is 0 Å². The molecule has 4 N–H and O–H groups in total. The molecule has 2 unspecified atom stereocenters. The van der Waals surface area contributed by atoms with E-state index in [1.165, 1.54) is 7.11 Å². The number of carbonyl (C=O) groups excluding carboxylic acids is 2. The number of benzene rings is 2. The van der Waals surface area contributed by atoms with Crippen molar-refractivity contribution in [1.82, 2.24) is 10.3 Å². The second-order valence-corrected chi connectivity index (χ2v) is 10.3. The van der Waals surface area contributed by atoms with Crippen molar-refractivity contribution in [3.8, 4) is 17.2 Å². The second-order valence-electron chi connectivity index (χ2n) is 10.3. The SMILES string of the molecule is CNCc1cc(CCC(=O)CC(=O)C2C=Cc3[nH]ccc3C2CCCCc2cccc(O)c2)cc(OC)c1O. The van der Waals surface area contributed by atoms with Crippen LogP contribution in [-0.2, 0) is 29.0 Å². The first-order valence-electron chi connectivity index (χ1n) is 13.6. The maximum absolute atomic E-state index is 13.4. The Kier molecular flexibility index (Phi) is 9.60. The van der Waals surface area contributed by atoms with E-state index in [9.17, 15) is 19.8 Å². The number of unbranched alkanes of at least 4 members (excludes halogenated alkanes) is 1. The van der Waals surface area contributed by atoms with Crippen molar-refractivity contribution in [2.45, 2.75) is 57.4 Å². The molecule has 0 radical (unpaired) electrons. The number of aromatic hydroxyl groups is 2. The molecule has 0 bridgehead atoms. The highest BCUT2D eigenvalue weighted by Crippen LogP contribution is 2.39. The Hall–Kier alpha value is -3.84. The summed E-state index contributed by atoms with van der Waals surface area (Å²) in [6, 6.07) is 13.0. The number of phenols is 2. The zero-order chi connectivity index (χ0) is 27.8. The Morgan fingerprint density at radius 3 is 2.67 bits per heavy atom. The van der Waals surface area contributed by atoms with Gasteiger partial charge in [-0.05, 0) is 85.7 Å². The summed E-state index contributed by atoms with van der Waals surface area (Å²) < 4.78 is 5.29. The summed E-state index contributed by atoms with van der Waals surface area (Å²) in [5.41, 5.74) is 4.85. The quantitative estimate of drug-likeness (QED) is 0.163. The first kappa shape index (κ1) is 28.2. The molecule has 4 rings (SSSR count). The van der Waals surface area contributed by atoms with E-state index < -0.39 is 0 Å². The van der Waals surface area contributed by atoms with Crippen molar-refractivity contribution in [2.75, 3.05) is 14.2 Å². The van der Waals surface area contributed by atoms with Gasteiger partial charge in [0.1, 0.15) is 17.3 Å². The van der Waals surface area contributed by atoms with Crippen molar-refractivity contribution in [3.63, 3.8) is 0 Å². The number of allylic oxidation sites excluding steroid dienone is 1. The summed E-state index contributed by atoms with van der Waals surface area (Å²) >= 11 is 0. The molecule has 7 nitrogen and oxygen atoms in total. The number of ketones is 2. The average Bonchev–Trinajstić information content (AvgIpc) is 3.41. The van der Waals surface area contributed by atoms with Crippen molar-refractivity contribution in [3.05, 3.63) is 82.7 Å². The lowest BCUT2D eigenvalue weighted by atomic mass is 9.75. The molecule has 0 saturated carbocycles. The molecule has 1 aliphatic carbocycles. The molecule has 0 saturated heterocycles. The van der Waals surface area contributed by atoms with Gasteiger partial charge in [0, 0.05) is 36.3 Å². The molecule has 0 spiro atoms. The fourth-order valence-electron chi connectivity index (χ4n) is 5.50. The summed E-state index contributed by atoms with van der Waals surface area (Å²) in [5.74, 6) is 0.333. The fourth-order valence-corrected chi connectivity index (χ4v) is 5.50. The lowest BCUT2D eigenvalue weighted by Crippen LogP contribution is -2.25. The van der Waals surface area contributed by atoms with E-state index in [1.54, 1.807) is 25.2 Å². The molecule has 7 heteroatoms. The number of aromatic amines is 1. The summed E-state index contributed by atoms with van der Waals surface area (Å²) in [5, 5.41) is 23.0. The van der Waals surface area contributed by atoms with Gasteiger partial charge in [-0.3, -0.25) is 9.59 Å². The number of ether oxygens (including phenoxy) is 1.